The van der Waals surface area contributed by atoms with Crippen LogP contribution in [-0.4, -0.2) is 48.2 Å². The van der Waals surface area contributed by atoms with Crippen molar-refractivity contribution in [3.8, 4) is 0 Å². The Balaban J connectivity index is 2.33. The van der Waals surface area contributed by atoms with Crippen LogP contribution in [0.5, 0.6) is 0 Å². The van der Waals surface area contributed by atoms with Crippen LogP contribution in [0.4, 0.5) is 4.79 Å². The van der Waals surface area contributed by atoms with Gasteiger partial charge in [0.1, 0.15) is 12.4 Å². The van der Waals surface area contributed by atoms with E-state index in [1.54, 1.807) is 18.2 Å². The van der Waals surface area contributed by atoms with Crippen molar-refractivity contribution in [2.24, 2.45) is 0 Å². The van der Waals surface area contributed by atoms with Gasteiger partial charge >= 0.3 is 6.09 Å². The molecule has 1 N–H and O–H groups in total. The molecule has 20 heavy (non-hydrogen) atoms. The van der Waals surface area contributed by atoms with Crippen molar-refractivity contribution in [3.63, 3.8) is 0 Å². The number of aldehydes is 1. The number of benzene rings is 1. The van der Waals surface area contributed by atoms with E-state index in [9.17, 15) is 9.59 Å². The fourth-order valence-corrected chi connectivity index (χ4v) is 2.50. The Morgan fingerprint density at radius 1 is 1.40 bits per heavy atom. The quantitative estimate of drug-likeness (QED) is 0.851. The zero-order chi connectivity index (χ0) is 14.7. The standard InChI is InChI=1S/C13H13Cl2NO4/c14-10-2-1-8(5-11(10)15)9-6-16(13(18)19)3-4-20-12(9)7-17/h1-2,5,7,9,12H,3-4,6H2,(H,18,19)/t9-,12+/m1/s1. The molecule has 108 valence electrons. The Morgan fingerprint density at radius 3 is 2.75 bits per heavy atom. The van der Waals surface area contributed by atoms with E-state index in [1.165, 1.54) is 4.90 Å². The van der Waals surface area contributed by atoms with Crippen molar-refractivity contribution < 1.29 is 19.4 Å². The molecule has 1 saturated heterocycles. The Morgan fingerprint density at radius 2 is 2.15 bits per heavy atom. The molecule has 1 aliphatic heterocycles. The Bertz CT molecular complexity index is 523. The van der Waals surface area contributed by atoms with Crippen LogP contribution >= 0.6 is 23.2 Å². The average molecular weight is 318 g/mol. The van der Waals surface area contributed by atoms with Crippen molar-refractivity contribution in [3.05, 3.63) is 33.8 Å². The number of ether oxygens (including phenoxy) is 1. The summed E-state index contributed by atoms with van der Waals surface area (Å²) in [6.45, 7) is 0.599. The van der Waals surface area contributed by atoms with Crippen molar-refractivity contribution >= 4 is 35.6 Å². The summed E-state index contributed by atoms with van der Waals surface area (Å²) in [7, 11) is 0. The van der Waals surface area contributed by atoms with Crippen LogP contribution in [0, 0.1) is 0 Å². The van der Waals surface area contributed by atoms with E-state index < -0.39 is 18.1 Å². The van der Waals surface area contributed by atoms with E-state index in [1.807, 2.05) is 0 Å². The number of carboxylic acid groups (broad SMARTS) is 1. The van der Waals surface area contributed by atoms with Crippen LogP contribution in [0.15, 0.2) is 18.2 Å². The van der Waals surface area contributed by atoms with Crippen LogP contribution in [-0.2, 0) is 9.53 Å². The molecule has 0 radical (unpaired) electrons. The predicted octanol–water partition coefficient (Wildman–Crippen LogP) is 2.65. The molecule has 0 unspecified atom stereocenters. The van der Waals surface area contributed by atoms with Gasteiger partial charge in [-0.25, -0.2) is 4.79 Å². The first-order valence-electron chi connectivity index (χ1n) is 6.02. The second kappa shape index (κ2) is 6.43. The molecular formula is C13H13Cl2NO4. The molecule has 1 fully saturated rings. The van der Waals surface area contributed by atoms with Gasteiger partial charge in [0.25, 0.3) is 0 Å². The molecule has 1 amide bonds. The van der Waals surface area contributed by atoms with Gasteiger partial charge < -0.3 is 19.5 Å². The fourth-order valence-electron chi connectivity index (χ4n) is 2.19. The molecule has 0 aliphatic carbocycles. The lowest BCUT2D eigenvalue weighted by atomic mass is 9.93. The number of rotatable bonds is 2. The van der Waals surface area contributed by atoms with E-state index >= 15 is 0 Å². The van der Waals surface area contributed by atoms with Crippen molar-refractivity contribution in [1.29, 1.82) is 0 Å². The number of hydrogen-bond acceptors (Lipinski definition) is 3. The maximum Gasteiger partial charge on any atom is 0.407 e. The lowest BCUT2D eigenvalue weighted by Crippen LogP contribution is -2.35. The van der Waals surface area contributed by atoms with Gasteiger partial charge in [-0.3, -0.25) is 0 Å². The summed E-state index contributed by atoms with van der Waals surface area (Å²) in [5, 5.41) is 9.89. The van der Waals surface area contributed by atoms with Gasteiger partial charge in [-0.15, -0.1) is 0 Å². The van der Waals surface area contributed by atoms with Gasteiger partial charge in [0.05, 0.1) is 16.7 Å². The average Bonchev–Trinajstić information content (AvgIpc) is 2.64. The van der Waals surface area contributed by atoms with Crippen LogP contribution in [0.1, 0.15) is 11.5 Å². The Hall–Kier alpha value is -1.30. The highest BCUT2D eigenvalue weighted by molar-refractivity contribution is 6.42. The first kappa shape index (κ1) is 15.1. The molecule has 1 aromatic carbocycles. The number of amides is 1. The molecule has 1 aliphatic rings. The minimum atomic E-state index is -1.04. The molecule has 2 atom stereocenters. The van der Waals surface area contributed by atoms with E-state index in [4.69, 9.17) is 33.0 Å². The van der Waals surface area contributed by atoms with Crippen molar-refractivity contribution in [2.75, 3.05) is 19.7 Å². The monoisotopic (exact) mass is 317 g/mol. The molecule has 7 heteroatoms. The SMILES string of the molecule is O=C[C@@H]1OCCN(C(=O)O)C[C@@H]1c1ccc(Cl)c(Cl)c1. The van der Waals surface area contributed by atoms with Gasteiger partial charge in [0.15, 0.2) is 0 Å². The highest BCUT2D eigenvalue weighted by atomic mass is 35.5. The summed E-state index contributed by atoms with van der Waals surface area (Å²) in [6, 6.07) is 4.99. The maximum atomic E-state index is 11.2. The third-order valence-corrected chi connectivity index (χ3v) is 4.00. The Labute approximate surface area is 126 Å². The van der Waals surface area contributed by atoms with Gasteiger partial charge in [0, 0.05) is 19.0 Å². The van der Waals surface area contributed by atoms with Gasteiger partial charge in [-0.1, -0.05) is 29.3 Å². The second-order valence-corrected chi connectivity index (χ2v) is 5.29. The highest BCUT2D eigenvalue weighted by Gasteiger charge is 2.31. The first-order valence-corrected chi connectivity index (χ1v) is 6.78. The smallest absolute Gasteiger partial charge is 0.407 e. The minimum absolute atomic E-state index is 0.177. The van der Waals surface area contributed by atoms with Crippen LogP contribution < -0.4 is 0 Å². The van der Waals surface area contributed by atoms with Crippen LogP contribution in [0.25, 0.3) is 0 Å². The zero-order valence-electron chi connectivity index (χ0n) is 10.5. The number of halogens is 2. The lowest BCUT2D eigenvalue weighted by molar-refractivity contribution is -0.118. The van der Waals surface area contributed by atoms with E-state index in [0.29, 0.717) is 16.3 Å². The summed E-state index contributed by atoms with van der Waals surface area (Å²) >= 11 is 11.8. The van der Waals surface area contributed by atoms with Crippen molar-refractivity contribution in [2.45, 2.75) is 12.0 Å². The first-order chi connectivity index (χ1) is 9.52. The minimum Gasteiger partial charge on any atom is -0.465 e. The van der Waals surface area contributed by atoms with Crippen molar-refractivity contribution in [1.82, 2.24) is 4.90 Å². The van der Waals surface area contributed by atoms with Gasteiger partial charge in [-0.2, -0.15) is 0 Å². The van der Waals surface area contributed by atoms with E-state index in [0.717, 1.165) is 5.56 Å². The molecule has 1 aromatic rings. The Kier molecular flexibility index (Phi) is 4.86. The number of hydrogen-bond donors (Lipinski definition) is 1. The second-order valence-electron chi connectivity index (χ2n) is 4.48. The normalized spacial score (nSPS) is 23.2. The lowest BCUT2D eigenvalue weighted by Gasteiger charge is -2.24. The number of nitrogens with zero attached hydrogens (tertiary/aromatic N) is 1. The topological polar surface area (TPSA) is 66.8 Å². The summed E-state index contributed by atoms with van der Waals surface area (Å²) < 4.78 is 5.42. The van der Waals surface area contributed by atoms with Gasteiger partial charge in [-0.05, 0) is 17.7 Å². The number of carbonyl (C=O) groups is 2. The maximum absolute atomic E-state index is 11.2. The predicted molar refractivity (Wildman–Crippen MR) is 74.6 cm³/mol. The summed E-state index contributed by atoms with van der Waals surface area (Å²) in [6.07, 6.45) is -1.04. The van der Waals surface area contributed by atoms with E-state index in [-0.39, 0.29) is 19.7 Å². The van der Waals surface area contributed by atoms with Crippen LogP contribution in [0.3, 0.4) is 0 Å². The molecular weight excluding hydrogens is 305 g/mol. The number of carbonyl (C=O) groups excluding carboxylic acids is 1. The third kappa shape index (κ3) is 3.23. The molecule has 1 heterocycles. The van der Waals surface area contributed by atoms with Gasteiger partial charge in [0.2, 0.25) is 0 Å². The fraction of sp³-hybridized carbons (Fsp3) is 0.385. The molecule has 0 spiro atoms. The molecule has 2 rings (SSSR count). The zero-order valence-corrected chi connectivity index (χ0v) is 12.0. The molecule has 0 saturated carbocycles. The van der Waals surface area contributed by atoms with E-state index in [2.05, 4.69) is 0 Å². The molecule has 5 nitrogen and oxygen atoms in total. The summed E-state index contributed by atoms with van der Waals surface area (Å²) in [4.78, 5) is 23.5. The molecule has 0 bridgehead atoms. The third-order valence-electron chi connectivity index (χ3n) is 3.26. The molecule has 0 aromatic heterocycles. The largest absolute Gasteiger partial charge is 0.465 e. The summed E-state index contributed by atoms with van der Waals surface area (Å²) in [5.41, 5.74) is 0.727. The van der Waals surface area contributed by atoms with Crippen LogP contribution in [0.2, 0.25) is 10.0 Å². The summed E-state index contributed by atoms with van der Waals surface area (Å²) in [5.74, 6) is -0.402. The highest BCUT2D eigenvalue weighted by Crippen LogP contribution is 2.30.